The highest BCUT2D eigenvalue weighted by molar-refractivity contribution is 4.87. The number of ether oxygens (including phenoxy) is 2. The van der Waals surface area contributed by atoms with Gasteiger partial charge in [0.25, 0.3) is 0 Å². The van der Waals surface area contributed by atoms with E-state index in [4.69, 9.17) is 9.47 Å². The van der Waals surface area contributed by atoms with Crippen molar-refractivity contribution in [2.24, 2.45) is 0 Å². The van der Waals surface area contributed by atoms with Crippen LogP contribution in [0.4, 0.5) is 0 Å². The zero-order chi connectivity index (χ0) is 22.6. The third-order valence-electron chi connectivity index (χ3n) is 6.22. The Morgan fingerprint density at radius 2 is 1.29 bits per heavy atom. The summed E-state index contributed by atoms with van der Waals surface area (Å²) in [5, 5.41) is 29.0. The topological polar surface area (TPSA) is 79.2 Å². The van der Waals surface area contributed by atoms with Crippen molar-refractivity contribution in [2.75, 3.05) is 19.8 Å². The summed E-state index contributed by atoms with van der Waals surface area (Å²) >= 11 is 0. The van der Waals surface area contributed by atoms with Crippen LogP contribution in [-0.2, 0) is 9.47 Å². The lowest BCUT2D eigenvalue weighted by Crippen LogP contribution is -2.55. The van der Waals surface area contributed by atoms with Gasteiger partial charge in [0.05, 0.1) is 13.2 Å². The average Bonchev–Trinajstić information content (AvgIpc) is 2.78. The molecule has 5 nitrogen and oxygen atoms in total. The van der Waals surface area contributed by atoms with E-state index in [1.807, 2.05) is 0 Å². The third-order valence-corrected chi connectivity index (χ3v) is 6.22. The molecule has 5 heteroatoms. The molecule has 1 heterocycles. The molecule has 1 rings (SSSR count). The van der Waals surface area contributed by atoms with Gasteiger partial charge in [0.15, 0.2) is 0 Å². The van der Waals surface area contributed by atoms with E-state index in [1.165, 1.54) is 89.9 Å². The van der Waals surface area contributed by atoms with E-state index < -0.39 is 24.4 Å². The average molecular weight is 443 g/mol. The van der Waals surface area contributed by atoms with E-state index in [2.05, 4.69) is 19.1 Å². The molecule has 1 fully saturated rings. The van der Waals surface area contributed by atoms with E-state index in [0.717, 1.165) is 12.8 Å². The van der Waals surface area contributed by atoms with Crippen molar-refractivity contribution in [3.8, 4) is 0 Å². The van der Waals surface area contributed by atoms with Gasteiger partial charge in [0.1, 0.15) is 24.4 Å². The van der Waals surface area contributed by atoms with Crippen LogP contribution in [0.3, 0.4) is 0 Å². The lowest BCUT2D eigenvalue weighted by atomic mass is 10.0. The summed E-state index contributed by atoms with van der Waals surface area (Å²) in [6, 6.07) is 0. The molecule has 1 aliphatic heterocycles. The van der Waals surface area contributed by atoms with Crippen LogP contribution >= 0.6 is 0 Å². The van der Waals surface area contributed by atoms with Crippen molar-refractivity contribution in [3.63, 3.8) is 0 Å². The lowest BCUT2D eigenvalue weighted by Gasteiger charge is -2.37. The summed E-state index contributed by atoms with van der Waals surface area (Å²) in [5.74, 6) is 0. The molecule has 0 unspecified atom stereocenters. The fourth-order valence-corrected chi connectivity index (χ4v) is 4.14. The Hall–Kier alpha value is -0.460. The molecule has 3 N–H and O–H groups in total. The van der Waals surface area contributed by atoms with Gasteiger partial charge in [-0.2, -0.15) is 0 Å². The third kappa shape index (κ3) is 14.3. The first-order chi connectivity index (χ1) is 15.2. The molecular weight excluding hydrogens is 392 g/mol. The standard InChI is InChI=1S/C26H50O5/c1-2-3-4-5-6-7-8-9-10-11-12-13-14-15-16-17-18-19-20-30-26-24(21-27)31-22-23(28)25(26)29/h8-9,23-29H,2-7,10-22H2,1H3/b9-8+/t23-,24+,25+,26+/m0/s1. The summed E-state index contributed by atoms with van der Waals surface area (Å²) < 4.78 is 11.0. The van der Waals surface area contributed by atoms with Gasteiger partial charge in [0, 0.05) is 6.61 Å². The van der Waals surface area contributed by atoms with Crippen LogP contribution in [0.25, 0.3) is 0 Å². The van der Waals surface area contributed by atoms with Crippen molar-refractivity contribution >= 4 is 0 Å². The van der Waals surface area contributed by atoms with Gasteiger partial charge in [-0.1, -0.05) is 89.7 Å². The first-order valence-corrected chi connectivity index (χ1v) is 13.1. The van der Waals surface area contributed by atoms with Crippen molar-refractivity contribution < 1.29 is 24.8 Å². The summed E-state index contributed by atoms with van der Waals surface area (Å²) in [6.07, 6.45) is 22.2. The normalized spacial score (nSPS) is 24.3. The van der Waals surface area contributed by atoms with E-state index in [1.54, 1.807) is 0 Å². The van der Waals surface area contributed by atoms with E-state index >= 15 is 0 Å². The Balaban J connectivity index is 1.83. The summed E-state index contributed by atoms with van der Waals surface area (Å²) in [5.41, 5.74) is 0. The molecule has 4 atom stereocenters. The number of aliphatic hydroxyl groups excluding tert-OH is 3. The molecule has 0 spiro atoms. The quantitative estimate of drug-likeness (QED) is 0.176. The Morgan fingerprint density at radius 3 is 1.84 bits per heavy atom. The number of aliphatic hydroxyl groups is 3. The molecule has 0 radical (unpaired) electrons. The number of allylic oxidation sites excluding steroid dienone is 2. The molecular formula is C26H50O5. The highest BCUT2D eigenvalue weighted by Crippen LogP contribution is 2.19. The molecule has 0 aromatic rings. The fourth-order valence-electron chi connectivity index (χ4n) is 4.14. The van der Waals surface area contributed by atoms with Crippen LogP contribution in [0.15, 0.2) is 12.2 Å². The molecule has 31 heavy (non-hydrogen) atoms. The second kappa shape index (κ2) is 20.2. The van der Waals surface area contributed by atoms with Crippen LogP contribution in [0, 0.1) is 0 Å². The number of unbranched alkanes of at least 4 members (excludes halogenated alkanes) is 14. The monoisotopic (exact) mass is 442 g/mol. The van der Waals surface area contributed by atoms with Gasteiger partial charge in [0.2, 0.25) is 0 Å². The van der Waals surface area contributed by atoms with Crippen LogP contribution < -0.4 is 0 Å². The van der Waals surface area contributed by atoms with Crippen molar-refractivity contribution in [1.82, 2.24) is 0 Å². The highest BCUT2D eigenvalue weighted by Gasteiger charge is 2.39. The minimum atomic E-state index is -0.989. The number of rotatable bonds is 20. The highest BCUT2D eigenvalue weighted by atomic mass is 16.6. The lowest BCUT2D eigenvalue weighted by molar-refractivity contribution is -0.211. The summed E-state index contributed by atoms with van der Waals surface area (Å²) in [6.45, 7) is 2.63. The predicted molar refractivity (Wildman–Crippen MR) is 127 cm³/mol. The molecule has 0 aromatic heterocycles. The maximum Gasteiger partial charge on any atom is 0.114 e. The Labute approximate surface area is 191 Å². The second-order valence-electron chi connectivity index (χ2n) is 9.09. The van der Waals surface area contributed by atoms with E-state index in [0.29, 0.717) is 6.61 Å². The summed E-state index contributed by atoms with van der Waals surface area (Å²) in [7, 11) is 0. The van der Waals surface area contributed by atoms with Crippen LogP contribution in [0.2, 0.25) is 0 Å². The number of hydrogen-bond donors (Lipinski definition) is 3. The molecule has 0 aliphatic carbocycles. The first kappa shape index (κ1) is 28.6. The molecule has 0 amide bonds. The second-order valence-corrected chi connectivity index (χ2v) is 9.09. The SMILES string of the molecule is CCCCCCC/C=C/CCCCCCCCCCCO[C@H]1[C@H](O)[C@@H](O)CO[C@@H]1CO. The predicted octanol–water partition coefficient (Wildman–Crippen LogP) is 5.30. The van der Waals surface area contributed by atoms with Crippen molar-refractivity contribution in [3.05, 3.63) is 12.2 Å². The molecule has 0 bridgehead atoms. The van der Waals surface area contributed by atoms with Gasteiger partial charge in [-0.05, 0) is 32.1 Å². The van der Waals surface area contributed by atoms with Crippen LogP contribution in [-0.4, -0.2) is 59.6 Å². The molecule has 184 valence electrons. The Morgan fingerprint density at radius 1 is 0.774 bits per heavy atom. The maximum atomic E-state index is 10.0. The first-order valence-electron chi connectivity index (χ1n) is 13.1. The Bertz CT molecular complexity index is 413. The fraction of sp³-hybridized carbons (Fsp3) is 0.923. The van der Waals surface area contributed by atoms with Crippen molar-refractivity contribution in [2.45, 2.75) is 134 Å². The van der Waals surface area contributed by atoms with E-state index in [9.17, 15) is 15.3 Å². The minimum Gasteiger partial charge on any atom is -0.394 e. The van der Waals surface area contributed by atoms with Gasteiger partial charge in [-0.3, -0.25) is 0 Å². The Kier molecular flexibility index (Phi) is 18.6. The van der Waals surface area contributed by atoms with Gasteiger partial charge in [-0.15, -0.1) is 0 Å². The minimum absolute atomic E-state index is 0.0438. The van der Waals surface area contributed by atoms with Crippen molar-refractivity contribution in [1.29, 1.82) is 0 Å². The van der Waals surface area contributed by atoms with Gasteiger partial charge < -0.3 is 24.8 Å². The van der Waals surface area contributed by atoms with Gasteiger partial charge >= 0.3 is 0 Å². The smallest absolute Gasteiger partial charge is 0.114 e. The molecule has 1 aliphatic rings. The maximum absolute atomic E-state index is 10.0. The van der Waals surface area contributed by atoms with Crippen LogP contribution in [0.1, 0.15) is 110 Å². The number of hydrogen-bond acceptors (Lipinski definition) is 5. The zero-order valence-corrected chi connectivity index (χ0v) is 20.1. The molecule has 0 aromatic carbocycles. The summed E-state index contributed by atoms with van der Waals surface area (Å²) in [4.78, 5) is 0. The van der Waals surface area contributed by atoms with Gasteiger partial charge in [-0.25, -0.2) is 0 Å². The molecule has 0 saturated carbocycles. The van der Waals surface area contributed by atoms with E-state index in [-0.39, 0.29) is 13.2 Å². The largest absolute Gasteiger partial charge is 0.394 e. The van der Waals surface area contributed by atoms with Crippen LogP contribution in [0.5, 0.6) is 0 Å². The zero-order valence-electron chi connectivity index (χ0n) is 20.1. The molecule has 1 saturated heterocycles.